The van der Waals surface area contributed by atoms with E-state index >= 15 is 0 Å². The Balaban J connectivity index is 1.49. The Morgan fingerprint density at radius 2 is 1.76 bits per heavy atom. The largest absolute Gasteiger partial charge is 0.278 e. The maximum Gasteiger partial charge on any atom is 0.278 e. The summed E-state index contributed by atoms with van der Waals surface area (Å²) in [5, 5.41) is 24.1. The highest BCUT2D eigenvalue weighted by molar-refractivity contribution is 9.10. The SMILES string of the molecule is O=C(CSc1nnc(-c2ccc(Br)cc2)n1-c1ccccc1)N/N=C/c1ccccc1[N+](=O)[O-]. The summed E-state index contributed by atoms with van der Waals surface area (Å²) in [6.45, 7) is 0. The summed E-state index contributed by atoms with van der Waals surface area (Å²) in [6, 6.07) is 23.5. The van der Waals surface area contributed by atoms with Crippen LogP contribution in [0, 0.1) is 10.1 Å². The van der Waals surface area contributed by atoms with Gasteiger partial charge in [0.05, 0.1) is 22.5 Å². The Kier molecular flexibility index (Phi) is 7.45. The molecule has 1 heterocycles. The lowest BCUT2D eigenvalue weighted by Gasteiger charge is -2.10. The van der Waals surface area contributed by atoms with Gasteiger partial charge in [-0.3, -0.25) is 19.5 Å². The van der Waals surface area contributed by atoms with Crippen LogP contribution in [0.4, 0.5) is 5.69 Å². The number of para-hydroxylation sites is 2. The molecule has 0 bridgehead atoms. The third-order valence-electron chi connectivity index (χ3n) is 4.61. The lowest BCUT2D eigenvalue weighted by atomic mass is 10.2. The summed E-state index contributed by atoms with van der Waals surface area (Å²) < 4.78 is 2.84. The molecule has 0 aliphatic rings. The first-order chi connectivity index (χ1) is 16.5. The average molecular weight is 537 g/mol. The predicted octanol–water partition coefficient (Wildman–Crippen LogP) is 4.85. The first-order valence-corrected chi connectivity index (χ1v) is 11.8. The van der Waals surface area contributed by atoms with Crippen molar-refractivity contribution < 1.29 is 9.72 Å². The molecule has 0 spiro atoms. The zero-order valence-electron chi connectivity index (χ0n) is 17.5. The molecule has 1 aromatic heterocycles. The highest BCUT2D eigenvalue weighted by Gasteiger charge is 2.17. The van der Waals surface area contributed by atoms with Crippen LogP contribution in [-0.2, 0) is 4.79 Å². The Hall–Kier alpha value is -3.83. The van der Waals surface area contributed by atoms with Gasteiger partial charge in [-0.05, 0) is 30.3 Å². The van der Waals surface area contributed by atoms with Crippen molar-refractivity contribution in [3.63, 3.8) is 0 Å². The molecule has 170 valence electrons. The van der Waals surface area contributed by atoms with Crippen molar-refractivity contribution in [3.05, 3.63) is 99.0 Å². The van der Waals surface area contributed by atoms with Crippen LogP contribution in [0.15, 0.2) is 93.6 Å². The van der Waals surface area contributed by atoms with Gasteiger partial charge in [-0.15, -0.1) is 10.2 Å². The van der Waals surface area contributed by atoms with E-state index in [2.05, 4.69) is 36.7 Å². The van der Waals surface area contributed by atoms with Crippen molar-refractivity contribution in [2.24, 2.45) is 5.10 Å². The number of hydrogen-bond acceptors (Lipinski definition) is 7. The van der Waals surface area contributed by atoms with Crippen molar-refractivity contribution in [3.8, 4) is 17.1 Å². The number of carbonyl (C=O) groups is 1. The molecule has 0 radical (unpaired) electrons. The van der Waals surface area contributed by atoms with E-state index < -0.39 is 4.92 Å². The van der Waals surface area contributed by atoms with Gasteiger partial charge in [-0.25, -0.2) is 5.43 Å². The Bertz CT molecular complexity index is 1340. The molecular weight excluding hydrogens is 520 g/mol. The molecule has 0 fully saturated rings. The van der Waals surface area contributed by atoms with Crippen molar-refractivity contribution in [1.82, 2.24) is 20.2 Å². The molecule has 1 N–H and O–H groups in total. The standard InChI is InChI=1S/C23H17BrN6O3S/c24-18-12-10-16(11-13-18)22-27-28-23(29(22)19-7-2-1-3-8-19)34-15-21(31)26-25-14-17-6-4-5-9-20(17)30(32)33/h1-14H,15H2,(H,26,31)/b25-14+. The second-order valence-corrected chi connectivity index (χ2v) is 8.74. The number of amides is 1. The normalized spacial score (nSPS) is 11.0. The molecular formula is C23H17BrN6O3S. The lowest BCUT2D eigenvalue weighted by molar-refractivity contribution is -0.385. The zero-order valence-corrected chi connectivity index (χ0v) is 19.9. The van der Waals surface area contributed by atoms with E-state index in [9.17, 15) is 14.9 Å². The van der Waals surface area contributed by atoms with Crippen LogP contribution in [0.5, 0.6) is 0 Å². The maximum atomic E-state index is 12.3. The Morgan fingerprint density at radius 1 is 1.06 bits per heavy atom. The molecule has 3 aromatic carbocycles. The van der Waals surface area contributed by atoms with Gasteiger partial charge in [0, 0.05) is 21.8 Å². The summed E-state index contributed by atoms with van der Waals surface area (Å²) in [7, 11) is 0. The molecule has 0 saturated carbocycles. The third kappa shape index (κ3) is 5.56. The molecule has 4 rings (SSSR count). The summed E-state index contributed by atoms with van der Waals surface area (Å²) in [5.41, 5.74) is 4.34. The minimum Gasteiger partial charge on any atom is -0.272 e. The minimum atomic E-state index is -0.502. The van der Waals surface area contributed by atoms with Crippen LogP contribution in [0.2, 0.25) is 0 Å². The summed E-state index contributed by atoms with van der Waals surface area (Å²) >= 11 is 4.65. The maximum absolute atomic E-state index is 12.3. The number of nitro benzene ring substituents is 1. The second-order valence-electron chi connectivity index (χ2n) is 6.88. The average Bonchev–Trinajstić information content (AvgIpc) is 3.28. The number of rotatable bonds is 8. The van der Waals surface area contributed by atoms with E-state index in [1.54, 1.807) is 18.2 Å². The zero-order chi connectivity index (χ0) is 23.9. The molecule has 0 atom stereocenters. The van der Waals surface area contributed by atoms with E-state index in [-0.39, 0.29) is 17.3 Å². The van der Waals surface area contributed by atoms with Gasteiger partial charge in [-0.1, -0.05) is 70.2 Å². The molecule has 9 nitrogen and oxygen atoms in total. The monoisotopic (exact) mass is 536 g/mol. The van der Waals surface area contributed by atoms with Crippen LogP contribution in [0.3, 0.4) is 0 Å². The molecule has 0 aliphatic carbocycles. The number of aromatic nitrogens is 3. The number of nitrogens with one attached hydrogen (secondary N) is 1. The number of hydrogen-bond donors (Lipinski definition) is 1. The van der Waals surface area contributed by atoms with E-state index in [0.29, 0.717) is 16.5 Å². The van der Waals surface area contributed by atoms with Gasteiger partial charge in [0.2, 0.25) is 0 Å². The minimum absolute atomic E-state index is 0.0273. The van der Waals surface area contributed by atoms with Crippen molar-refractivity contribution in [1.29, 1.82) is 0 Å². The van der Waals surface area contributed by atoms with Crippen LogP contribution in [-0.4, -0.2) is 37.6 Å². The van der Waals surface area contributed by atoms with Crippen molar-refractivity contribution in [2.45, 2.75) is 5.16 Å². The fraction of sp³-hybridized carbons (Fsp3) is 0.0435. The number of hydrazone groups is 1. The van der Waals surface area contributed by atoms with E-state index in [0.717, 1.165) is 15.7 Å². The fourth-order valence-electron chi connectivity index (χ4n) is 3.06. The van der Waals surface area contributed by atoms with E-state index in [1.165, 1.54) is 24.0 Å². The van der Waals surface area contributed by atoms with Gasteiger partial charge >= 0.3 is 0 Å². The first-order valence-electron chi connectivity index (χ1n) is 9.98. The molecule has 0 unspecified atom stereocenters. The topological polar surface area (TPSA) is 115 Å². The van der Waals surface area contributed by atoms with Crippen LogP contribution in [0.25, 0.3) is 17.1 Å². The Labute approximate surface area is 207 Å². The number of carbonyl (C=O) groups excluding carboxylic acids is 1. The third-order valence-corrected chi connectivity index (χ3v) is 6.07. The highest BCUT2D eigenvalue weighted by atomic mass is 79.9. The fourth-order valence-corrected chi connectivity index (χ4v) is 4.07. The number of nitro groups is 1. The summed E-state index contributed by atoms with van der Waals surface area (Å²) in [4.78, 5) is 22.9. The van der Waals surface area contributed by atoms with Gasteiger partial charge in [-0.2, -0.15) is 5.10 Å². The first kappa shape index (κ1) is 23.3. The lowest BCUT2D eigenvalue weighted by Crippen LogP contribution is -2.20. The molecule has 0 aliphatic heterocycles. The molecule has 1 amide bonds. The number of halogens is 1. The number of benzene rings is 3. The van der Waals surface area contributed by atoms with Gasteiger partial charge < -0.3 is 0 Å². The van der Waals surface area contributed by atoms with Gasteiger partial charge in [0.25, 0.3) is 11.6 Å². The van der Waals surface area contributed by atoms with Crippen molar-refractivity contribution in [2.75, 3.05) is 5.75 Å². The molecule has 0 saturated heterocycles. The smallest absolute Gasteiger partial charge is 0.272 e. The van der Waals surface area contributed by atoms with Gasteiger partial charge in [0.15, 0.2) is 11.0 Å². The van der Waals surface area contributed by atoms with Crippen LogP contribution < -0.4 is 5.43 Å². The highest BCUT2D eigenvalue weighted by Crippen LogP contribution is 2.28. The summed E-state index contributed by atoms with van der Waals surface area (Å²) in [6.07, 6.45) is 1.25. The molecule has 4 aromatic rings. The van der Waals surface area contributed by atoms with Crippen LogP contribution in [0.1, 0.15) is 5.56 Å². The number of thioether (sulfide) groups is 1. The van der Waals surface area contributed by atoms with E-state index in [4.69, 9.17) is 0 Å². The summed E-state index contributed by atoms with van der Waals surface area (Å²) in [5.74, 6) is 0.295. The predicted molar refractivity (Wildman–Crippen MR) is 134 cm³/mol. The van der Waals surface area contributed by atoms with Crippen molar-refractivity contribution >= 4 is 45.5 Å². The number of nitrogens with zero attached hydrogens (tertiary/aromatic N) is 5. The Morgan fingerprint density at radius 3 is 2.50 bits per heavy atom. The van der Waals surface area contributed by atoms with E-state index in [1.807, 2.05) is 59.2 Å². The second kappa shape index (κ2) is 10.9. The van der Waals surface area contributed by atoms with Gasteiger partial charge in [0.1, 0.15) is 0 Å². The molecule has 34 heavy (non-hydrogen) atoms. The molecule has 11 heteroatoms. The quantitative estimate of drug-likeness (QED) is 0.149. The van der Waals surface area contributed by atoms with Crippen LogP contribution >= 0.6 is 27.7 Å².